The van der Waals surface area contributed by atoms with Gasteiger partial charge in [0.15, 0.2) is 0 Å². The number of anilines is 1. The van der Waals surface area contributed by atoms with Crippen molar-refractivity contribution in [2.75, 3.05) is 5.43 Å². The summed E-state index contributed by atoms with van der Waals surface area (Å²) in [7, 11) is 0. The summed E-state index contributed by atoms with van der Waals surface area (Å²) in [6.45, 7) is 0. The molecule has 1 N–H and O–H groups in total. The predicted molar refractivity (Wildman–Crippen MR) is 93.5 cm³/mol. The van der Waals surface area contributed by atoms with E-state index >= 15 is 0 Å². The number of para-hydroxylation sites is 1. The van der Waals surface area contributed by atoms with Crippen molar-refractivity contribution in [3.63, 3.8) is 0 Å². The van der Waals surface area contributed by atoms with Crippen LogP contribution in [0.3, 0.4) is 0 Å². The summed E-state index contributed by atoms with van der Waals surface area (Å²) in [5, 5.41) is 15.1. The second kappa shape index (κ2) is 6.97. The van der Waals surface area contributed by atoms with Crippen LogP contribution in [0.2, 0.25) is 5.02 Å². The van der Waals surface area contributed by atoms with Gasteiger partial charge in [-0.3, -0.25) is 15.5 Å². The van der Waals surface area contributed by atoms with Gasteiger partial charge in [0.2, 0.25) is 0 Å². The lowest BCUT2D eigenvalue weighted by atomic mass is 10.1. The molecule has 7 heteroatoms. The van der Waals surface area contributed by atoms with Gasteiger partial charge in [0.25, 0.3) is 5.69 Å². The summed E-state index contributed by atoms with van der Waals surface area (Å²) in [5.41, 5.74) is 4.26. The number of rotatable bonds is 5. The van der Waals surface area contributed by atoms with Gasteiger partial charge in [0, 0.05) is 17.7 Å². The van der Waals surface area contributed by atoms with E-state index in [1.165, 1.54) is 18.3 Å². The monoisotopic (exact) mass is 341 g/mol. The topological polar surface area (TPSA) is 80.7 Å². The maximum absolute atomic E-state index is 10.7. The summed E-state index contributed by atoms with van der Waals surface area (Å²) in [6.07, 6.45) is 1.54. The van der Waals surface area contributed by atoms with Gasteiger partial charge < -0.3 is 4.42 Å². The van der Waals surface area contributed by atoms with Gasteiger partial charge in [0.1, 0.15) is 11.5 Å². The Morgan fingerprint density at radius 2 is 1.92 bits per heavy atom. The number of hydrogen-bond acceptors (Lipinski definition) is 5. The molecule has 0 bridgehead atoms. The number of halogens is 1. The lowest BCUT2D eigenvalue weighted by molar-refractivity contribution is -0.384. The zero-order valence-electron chi connectivity index (χ0n) is 12.3. The molecule has 0 radical (unpaired) electrons. The van der Waals surface area contributed by atoms with Gasteiger partial charge in [0.05, 0.1) is 21.8 Å². The maximum Gasteiger partial charge on any atom is 0.270 e. The Labute approximate surface area is 142 Å². The second-order valence-corrected chi connectivity index (χ2v) is 5.27. The highest BCUT2D eigenvalue weighted by atomic mass is 35.5. The molecule has 1 aromatic heterocycles. The van der Waals surface area contributed by atoms with Crippen LogP contribution in [0.15, 0.2) is 70.2 Å². The van der Waals surface area contributed by atoms with Crippen molar-refractivity contribution in [1.82, 2.24) is 0 Å². The molecule has 120 valence electrons. The predicted octanol–water partition coefficient (Wildman–Crippen LogP) is 4.95. The van der Waals surface area contributed by atoms with Crippen molar-refractivity contribution in [3.8, 4) is 11.3 Å². The summed E-state index contributed by atoms with van der Waals surface area (Å²) in [4.78, 5) is 10.2. The summed E-state index contributed by atoms with van der Waals surface area (Å²) in [6, 6.07) is 17.2. The van der Waals surface area contributed by atoms with Crippen LogP contribution in [0, 0.1) is 10.1 Å². The molecule has 0 atom stereocenters. The number of non-ortho nitro benzene ring substituents is 1. The highest BCUT2D eigenvalue weighted by molar-refractivity contribution is 6.33. The Kier molecular flexibility index (Phi) is 4.58. The molecule has 0 aliphatic heterocycles. The molecule has 0 saturated carbocycles. The molecule has 0 amide bonds. The molecule has 3 aromatic rings. The smallest absolute Gasteiger partial charge is 0.270 e. The van der Waals surface area contributed by atoms with E-state index in [0.717, 1.165) is 5.69 Å². The highest BCUT2D eigenvalue weighted by Gasteiger charge is 2.13. The first kappa shape index (κ1) is 15.8. The number of hydrogen-bond donors (Lipinski definition) is 1. The summed E-state index contributed by atoms with van der Waals surface area (Å²) < 4.78 is 5.65. The molecule has 0 aliphatic carbocycles. The Hall–Kier alpha value is -3.12. The number of nitrogens with zero attached hydrogens (tertiary/aromatic N) is 2. The highest BCUT2D eigenvalue weighted by Crippen LogP contribution is 2.32. The number of hydrazone groups is 1. The molecule has 1 heterocycles. The van der Waals surface area contributed by atoms with Crippen molar-refractivity contribution in [3.05, 3.63) is 81.6 Å². The van der Waals surface area contributed by atoms with Gasteiger partial charge in [-0.05, 0) is 30.3 Å². The van der Waals surface area contributed by atoms with E-state index in [4.69, 9.17) is 16.0 Å². The van der Waals surface area contributed by atoms with Gasteiger partial charge in [-0.2, -0.15) is 5.10 Å². The lowest BCUT2D eigenvalue weighted by Crippen LogP contribution is -1.89. The van der Waals surface area contributed by atoms with Gasteiger partial charge >= 0.3 is 0 Å². The van der Waals surface area contributed by atoms with Crippen LogP contribution < -0.4 is 5.43 Å². The molecular formula is C17H12ClN3O3. The van der Waals surface area contributed by atoms with E-state index in [2.05, 4.69) is 10.5 Å². The van der Waals surface area contributed by atoms with Crippen LogP contribution in [0.5, 0.6) is 0 Å². The SMILES string of the molecule is O=[N+]([O-])c1ccc(-c2ccc(/C=N/Nc3ccccc3)o2)c(Cl)c1. The Morgan fingerprint density at radius 3 is 2.62 bits per heavy atom. The Balaban J connectivity index is 1.75. The molecule has 2 aromatic carbocycles. The lowest BCUT2D eigenvalue weighted by Gasteiger charge is -2.00. The molecule has 0 saturated heterocycles. The van der Waals surface area contributed by atoms with E-state index in [1.54, 1.807) is 18.2 Å². The fourth-order valence-corrected chi connectivity index (χ4v) is 2.34. The van der Waals surface area contributed by atoms with Crippen molar-refractivity contribution in [2.45, 2.75) is 0 Å². The van der Waals surface area contributed by atoms with Crippen molar-refractivity contribution < 1.29 is 9.34 Å². The maximum atomic E-state index is 10.7. The van der Waals surface area contributed by atoms with Gasteiger partial charge in [-0.25, -0.2) is 0 Å². The third kappa shape index (κ3) is 3.61. The minimum Gasteiger partial charge on any atom is -0.455 e. The molecule has 0 fully saturated rings. The number of furan rings is 1. The molecule has 0 unspecified atom stereocenters. The van der Waals surface area contributed by atoms with E-state index in [0.29, 0.717) is 17.1 Å². The van der Waals surface area contributed by atoms with Crippen molar-refractivity contribution in [2.24, 2.45) is 5.10 Å². The van der Waals surface area contributed by atoms with Crippen molar-refractivity contribution >= 4 is 29.2 Å². The minimum atomic E-state index is -0.495. The fourth-order valence-electron chi connectivity index (χ4n) is 2.07. The number of nitro groups is 1. The standard InChI is InChI=1S/C17H12ClN3O3/c18-16-10-13(21(22)23)6-8-15(16)17-9-7-14(24-17)11-19-20-12-4-2-1-3-5-12/h1-11,20H/b19-11+. The normalized spacial score (nSPS) is 10.9. The van der Waals surface area contributed by atoms with E-state index < -0.39 is 4.92 Å². The molecule has 3 rings (SSSR count). The second-order valence-electron chi connectivity index (χ2n) is 4.86. The molecule has 24 heavy (non-hydrogen) atoms. The molecule has 0 spiro atoms. The van der Waals surface area contributed by atoms with E-state index in [9.17, 15) is 10.1 Å². The Morgan fingerprint density at radius 1 is 1.12 bits per heavy atom. The van der Waals surface area contributed by atoms with E-state index in [1.807, 2.05) is 30.3 Å². The number of nitrogens with one attached hydrogen (secondary N) is 1. The molecule has 0 aliphatic rings. The first-order chi connectivity index (χ1) is 11.6. The number of nitro benzene ring substituents is 1. The van der Waals surface area contributed by atoms with Crippen LogP contribution in [0.4, 0.5) is 11.4 Å². The Bertz CT molecular complexity index is 891. The zero-order valence-corrected chi connectivity index (χ0v) is 13.1. The molecule has 6 nitrogen and oxygen atoms in total. The quantitative estimate of drug-likeness (QED) is 0.404. The summed E-state index contributed by atoms with van der Waals surface area (Å²) >= 11 is 6.09. The van der Waals surface area contributed by atoms with Crippen molar-refractivity contribution in [1.29, 1.82) is 0 Å². The third-order valence-electron chi connectivity index (χ3n) is 3.21. The van der Waals surface area contributed by atoms with Crippen LogP contribution >= 0.6 is 11.6 Å². The average molecular weight is 342 g/mol. The first-order valence-corrected chi connectivity index (χ1v) is 7.39. The minimum absolute atomic E-state index is 0.0656. The zero-order chi connectivity index (χ0) is 16.9. The average Bonchev–Trinajstić information content (AvgIpc) is 3.04. The third-order valence-corrected chi connectivity index (χ3v) is 3.53. The number of benzene rings is 2. The first-order valence-electron chi connectivity index (χ1n) is 7.02. The molecular weight excluding hydrogens is 330 g/mol. The van der Waals surface area contributed by atoms with Gasteiger partial charge in [-0.1, -0.05) is 29.8 Å². The largest absolute Gasteiger partial charge is 0.455 e. The van der Waals surface area contributed by atoms with E-state index in [-0.39, 0.29) is 10.7 Å². The summed E-state index contributed by atoms with van der Waals surface area (Å²) in [5.74, 6) is 1.04. The fraction of sp³-hybridized carbons (Fsp3) is 0. The van der Waals surface area contributed by atoms with Gasteiger partial charge in [-0.15, -0.1) is 0 Å². The van der Waals surface area contributed by atoms with Crippen LogP contribution in [0.25, 0.3) is 11.3 Å². The van der Waals surface area contributed by atoms with Crippen LogP contribution in [-0.4, -0.2) is 11.1 Å². The van der Waals surface area contributed by atoms with Crippen LogP contribution in [0.1, 0.15) is 5.76 Å². The van der Waals surface area contributed by atoms with Crippen LogP contribution in [-0.2, 0) is 0 Å².